The minimum absolute atomic E-state index is 0.0382. The predicted molar refractivity (Wildman–Crippen MR) is 161 cm³/mol. The largest absolute Gasteiger partial charge is 0.458 e. The van der Waals surface area contributed by atoms with Gasteiger partial charge in [-0.3, -0.25) is 4.79 Å². The first kappa shape index (κ1) is 32.3. The van der Waals surface area contributed by atoms with Gasteiger partial charge in [0.05, 0.1) is 18.3 Å². The minimum atomic E-state index is -0.607. The number of esters is 2. The molecule has 0 aromatic rings. The number of allylic oxidation sites excluding steroid dienone is 2. The molecule has 2 heterocycles. The number of ether oxygens (including phenoxy) is 4. The van der Waals surface area contributed by atoms with E-state index in [1.165, 1.54) is 44.1 Å². The van der Waals surface area contributed by atoms with Gasteiger partial charge >= 0.3 is 11.9 Å². The van der Waals surface area contributed by atoms with Crippen molar-refractivity contribution in [2.24, 2.45) is 22.7 Å². The molecule has 0 unspecified atom stereocenters. The molecule has 2 saturated carbocycles. The van der Waals surface area contributed by atoms with Crippen molar-refractivity contribution in [1.82, 2.24) is 0 Å². The fourth-order valence-corrected chi connectivity index (χ4v) is 8.31. The normalized spacial score (nSPS) is 35.6. The second-order valence-corrected chi connectivity index (χ2v) is 14.2. The second kappa shape index (κ2) is 13.8. The number of carbonyl (C=O) groups is 2. The molecule has 0 aromatic heterocycles. The van der Waals surface area contributed by atoms with Gasteiger partial charge in [-0.25, -0.2) is 4.79 Å². The van der Waals surface area contributed by atoms with E-state index in [2.05, 4.69) is 27.4 Å². The second-order valence-electron chi connectivity index (χ2n) is 14.2. The summed E-state index contributed by atoms with van der Waals surface area (Å²) in [7, 11) is 0. The topological polar surface area (TPSA) is 71.1 Å². The zero-order valence-electron chi connectivity index (χ0n) is 26.6. The Balaban J connectivity index is 1.32. The van der Waals surface area contributed by atoms with Crippen LogP contribution in [-0.4, -0.2) is 43.1 Å². The smallest absolute Gasteiger partial charge is 0.337 e. The highest BCUT2D eigenvalue weighted by atomic mass is 16.7. The Morgan fingerprint density at radius 1 is 1.00 bits per heavy atom. The Morgan fingerprint density at radius 3 is 2.39 bits per heavy atom. The van der Waals surface area contributed by atoms with Crippen molar-refractivity contribution in [1.29, 1.82) is 0 Å². The third-order valence-electron chi connectivity index (χ3n) is 10.8. The first-order chi connectivity index (χ1) is 19.5. The van der Waals surface area contributed by atoms with Crippen molar-refractivity contribution >= 4 is 11.9 Å². The summed E-state index contributed by atoms with van der Waals surface area (Å²) in [6.07, 6.45) is 17.6. The summed E-state index contributed by atoms with van der Waals surface area (Å²) in [4.78, 5) is 25.3. The summed E-state index contributed by atoms with van der Waals surface area (Å²) in [5.74, 6) is -0.445. The number of hydrogen-bond donors (Lipinski definition) is 0. The lowest BCUT2D eigenvalue weighted by Crippen LogP contribution is -2.62. The molecule has 0 N–H and O–H groups in total. The molecule has 0 aromatic carbocycles. The molecule has 2 saturated heterocycles. The van der Waals surface area contributed by atoms with Gasteiger partial charge in [-0.15, -0.1) is 0 Å². The van der Waals surface area contributed by atoms with Gasteiger partial charge in [-0.05, 0) is 69.6 Å². The third kappa shape index (κ3) is 7.47. The van der Waals surface area contributed by atoms with Crippen LogP contribution in [-0.2, 0) is 28.5 Å². The number of hydrogen-bond acceptors (Lipinski definition) is 6. The average molecular weight is 573 g/mol. The highest BCUT2D eigenvalue weighted by Crippen LogP contribution is 2.63. The summed E-state index contributed by atoms with van der Waals surface area (Å²) < 4.78 is 23.7. The van der Waals surface area contributed by atoms with E-state index in [0.29, 0.717) is 30.9 Å². The summed E-state index contributed by atoms with van der Waals surface area (Å²) >= 11 is 0. The first-order valence-corrected chi connectivity index (χ1v) is 16.6. The van der Waals surface area contributed by atoms with Gasteiger partial charge in [0.15, 0.2) is 11.9 Å². The molecular weight excluding hydrogens is 516 g/mol. The fraction of sp³-hybridized carbons (Fsp3) is 0.829. The van der Waals surface area contributed by atoms with Crippen molar-refractivity contribution in [3.63, 3.8) is 0 Å². The molecule has 2 aliphatic heterocycles. The zero-order chi connectivity index (χ0) is 29.7. The Hall–Kier alpha value is -1.66. The Morgan fingerprint density at radius 2 is 1.68 bits per heavy atom. The van der Waals surface area contributed by atoms with Crippen LogP contribution in [0.1, 0.15) is 131 Å². The molecule has 0 amide bonds. The Bertz CT molecular complexity index is 968. The number of rotatable bonds is 13. The van der Waals surface area contributed by atoms with Crippen LogP contribution in [0.3, 0.4) is 0 Å². The zero-order valence-corrected chi connectivity index (χ0v) is 26.6. The molecule has 6 heteroatoms. The SMILES string of the molecule is C=C1CC[C@@H]2[C@]3(C)COC(C)(C)O[C@@H]3CC[C@@]2(C)[C@@H]1C/C=C1/C(=O)OC[C@H]1OC(=O)CCCCCCCCCCC. The molecule has 0 bridgehead atoms. The van der Waals surface area contributed by atoms with E-state index in [0.717, 1.165) is 44.9 Å². The van der Waals surface area contributed by atoms with Gasteiger partial charge in [-0.1, -0.05) is 90.4 Å². The van der Waals surface area contributed by atoms with Crippen LogP contribution in [0.5, 0.6) is 0 Å². The molecule has 232 valence electrons. The molecule has 4 aliphatic rings. The van der Waals surface area contributed by atoms with Gasteiger partial charge in [0.25, 0.3) is 0 Å². The number of carbonyl (C=O) groups excluding carboxylic acids is 2. The van der Waals surface area contributed by atoms with E-state index in [1.54, 1.807) is 0 Å². The van der Waals surface area contributed by atoms with E-state index in [-0.39, 0.29) is 41.4 Å². The lowest BCUT2D eigenvalue weighted by atomic mass is 9.46. The highest BCUT2D eigenvalue weighted by Gasteiger charge is 2.60. The summed E-state index contributed by atoms with van der Waals surface area (Å²) in [6, 6.07) is 0. The van der Waals surface area contributed by atoms with Crippen LogP contribution in [0.25, 0.3) is 0 Å². The number of cyclic esters (lactones) is 1. The maximum Gasteiger partial charge on any atom is 0.337 e. The first-order valence-electron chi connectivity index (χ1n) is 16.6. The quantitative estimate of drug-likeness (QED) is 0.0958. The van der Waals surface area contributed by atoms with Crippen molar-refractivity contribution < 1.29 is 28.5 Å². The fourth-order valence-electron chi connectivity index (χ4n) is 8.31. The van der Waals surface area contributed by atoms with E-state index in [4.69, 9.17) is 18.9 Å². The maximum atomic E-state index is 12.7. The maximum absolute atomic E-state index is 12.7. The van der Waals surface area contributed by atoms with Gasteiger partial charge in [-0.2, -0.15) is 0 Å². The summed E-state index contributed by atoms with van der Waals surface area (Å²) in [5, 5.41) is 0. The van der Waals surface area contributed by atoms with Gasteiger partial charge in [0.1, 0.15) is 6.61 Å². The van der Waals surface area contributed by atoms with Gasteiger partial charge in [0.2, 0.25) is 0 Å². The van der Waals surface area contributed by atoms with E-state index >= 15 is 0 Å². The van der Waals surface area contributed by atoms with Crippen LogP contribution in [0, 0.1) is 22.7 Å². The summed E-state index contributed by atoms with van der Waals surface area (Å²) in [5.41, 5.74) is 1.74. The number of unbranched alkanes of at least 4 members (excludes halogenated alkanes) is 8. The van der Waals surface area contributed by atoms with Gasteiger partial charge in [0, 0.05) is 11.8 Å². The molecule has 6 atom stereocenters. The van der Waals surface area contributed by atoms with Crippen molar-refractivity contribution in [2.75, 3.05) is 13.2 Å². The van der Waals surface area contributed by atoms with Crippen LogP contribution in [0.2, 0.25) is 0 Å². The monoisotopic (exact) mass is 572 g/mol. The highest BCUT2D eigenvalue weighted by molar-refractivity contribution is 5.92. The third-order valence-corrected chi connectivity index (χ3v) is 10.8. The molecule has 0 spiro atoms. The van der Waals surface area contributed by atoms with E-state index in [9.17, 15) is 9.59 Å². The van der Waals surface area contributed by atoms with Crippen LogP contribution < -0.4 is 0 Å². The van der Waals surface area contributed by atoms with Crippen molar-refractivity contribution in [2.45, 2.75) is 149 Å². The molecule has 6 nitrogen and oxygen atoms in total. The molecule has 0 radical (unpaired) electrons. The number of fused-ring (bicyclic) bond motifs is 3. The summed E-state index contributed by atoms with van der Waals surface area (Å²) in [6.45, 7) is 16.3. The average Bonchev–Trinajstić information content (AvgIpc) is 3.26. The van der Waals surface area contributed by atoms with Crippen molar-refractivity contribution in [3.05, 3.63) is 23.8 Å². The van der Waals surface area contributed by atoms with Crippen LogP contribution >= 0.6 is 0 Å². The standard InChI is InChI=1S/C35H56O6/c1-7-8-9-10-11-12-13-14-15-16-31(36)40-28-23-38-32(37)26(28)18-19-27-25(2)17-20-29-34(27,5)22-21-30-35(29,6)24-39-33(3,4)41-30/h18,27-30H,2,7-17,19-24H2,1,3-6H3/b26-18+/t27-,28-,29+,30-,34+,35+/m1/s1. The van der Waals surface area contributed by atoms with Gasteiger partial charge < -0.3 is 18.9 Å². The van der Waals surface area contributed by atoms with E-state index < -0.39 is 11.9 Å². The Labute approximate surface area is 249 Å². The Kier molecular flexibility index (Phi) is 10.8. The molecule has 4 rings (SSSR count). The molecular formula is C35H56O6. The van der Waals surface area contributed by atoms with Crippen LogP contribution in [0.15, 0.2) is 23.8 Å². The molecule has 2 aliphatic carbocycles. The van der Waals surface area contributed by atoms with Crippen molar-refractivity contribution in [3.8, 4) is 0 Å². The molecule has 4 fully saturated rings. The molecule has 41 heavy (non-hydrogen) atoms. The lowest BCUT2D eigenvalue weighted by Gasteiger charge is -2.63. The van der Waals surface area contributed by atoms with E-state index in [1.807, 2.05) is 19.9 Å². The minimum Gasteiger partial charge on any atom is -0.458 e. The van der Waals surface area contributed by atoms with Crippen LogP contribution in [0.4, 0.5) is 0 Å². The lowest BCUT2D eigenvalue weighted by molar-refractivity contribution is -0.344. The predicted octanol–water partition coefficient (Wildman–Crippen LogP) is 8.23.